The molecule has 0 spiro atoms. The molecule has 0 aliphatic carbocycles. The number of carbonyl (C=O) groups excluding carboxylic acids is 1. The Morgan fingerprint density at radius 1 is 1.29 bits per heavy atom. The van der Waals surface area contributed by atoms with Crippen LogP contribution < -0.4 is 0 Å². The molecule has 0 N–H and O–H groups in total. The average molecular weight is 254 g/mol. The highest BCUT2D eigenvalue weighted by atomic mass is 35.5. The Kier molecular flexibility index (Phi) is 6.98. The van der Waals surface area contributed by atoms with E-state index in [1.54, 1.807) is 18.2 Å². The van der Waals surface area contributed by atoms with Crippen LogP contribution in [0.3, 0.4) is 0 Å². The minimum Gasteiger partial charge on any atom is -0.281 e. The SMILES string of the molecule is CC.O=C(Cl)Cc1ccc(Cl)cc1Cl. The summed E-state index contributed by atoms with van der Waals surface area (Å²) in [7, 11) is 0. The first-order valence-corrected chi connectivity index (χ1v) is 5.35. The second-order valence-electron chi connectivity index (χ2n) is 2.27. The van der Waals surface area contributed by atoms with E-state index in [-0.39, 0.29) is 6.42 Å². The summed E-state index contributed by atoms with van der Waals surface area (Å²) >= 11 is 16.6. The van der Waals surface area contributed by atoms with Gasteiger partial charge in [0.2, 0.25) is 5.24 Å². The lowest BCUT2D eigenvalue weighted by atomic mass is 10.2. The van der Waals surface area contributed by atoms with Gasteiger partial charge in [-0.05, 0) is 29.3 Å². The fraction of sp³-hybridized carbons (Fsp3) is 0.300. The van der Waals surface area contributed by atoms with Gasteiger partial charge >= 0.3 is 0 Å². The number of benzene rings is 1. The van der Waals surface area contributed by atoms with Crippen LogP contribution in [0.5, 0.6) is 0 Å². The van der Waals surface area contributed by atoms with E-state index in [1.165, 1.54) is 0 Å². The van der Waals surface area contributed by atoms with Crippen molar-refractivity contribution in [2.75, 3.05) is 0 Å². The fourth-order valence-corrected chi connectivity index (χ4v) is 1.43. The van der Waals surface area contributed by atoms with Gasteiger partial charge in [-0.2, -0.15) is 0 Å². The Balaban J connectivity index is 0.000000791. The summed E-state index contributed by atoms with van der Waals surface area (Å²) in [6, 6.07) is 4.94. The van der Waals surface area contributed by atoms with Gasteiger partial charge in [-0.25, -0.2) is 0 Å². The van der Waals surface area contributed by atoms with Crippen molar-refractivity contribution in [3.8, 4) is 0 Å². The molecule has 1 aromatic carbocycles. The maximum atomic E-state index is 10.5. The van der Waals surface area contributed by atoms with E-state index in [0.717, 1.165) is 0 Å². The third kappa shape index (κ3) is 4.85. The standard InChI is InChI=1S/C8H5Cl3O.C2H6/c9-6-2-1-5(3-8(11)12)7(10)4-6;1-2/h1-2,4H,3H2;1-2H3. The lowest BCUT2D eigenvalue weighted by molar-refractivity contribution is -0.111. The summed E-state index contributed by atoms with van der Waals surface area (Å²) in [6.07, 6.45) is 0.136. The molecule has 1 aromatic rings. The molecule has 0 fully saturated rings. The van der Waals surface area contributed by atoms with Gasteiger partial charge in [0.1, 0.15) is 0 Å². The van der Waals surface area contributed by atoms with Crippen LogP contribution in [-0.4, -0.2) is 5.24 Å². The van der Waals surface area contributed by atoms with E-state index in [4.69, 9.17) is 34.8 Å². The van der Waals surface area contributed by atoms with Crippen molar-refractivity contribution in [3.05, 3.63) is 33.8 Å². The topological polar surface area (TPSA) is 17.1 Å². The van der Waals surface area contributed by atoms with Crippen LogP contribution in [0.25, 0.3) is 0 Å². The van der Waals surface area contributed by atoms with Gasteiger partial charge in [-0.3, -0.25) is 4.79 Å². The van der Waals surface area contributed by atoms with E-state index < -0.39 is 5.24 Å². The number of carbonyl (C=O) groups is 1. The van der Waals surface area contributed by atoms with Crippen molar-refractivity contribution in [2.24, 2.45) is 0 Å². The molecule has 4 heteroatoms. The lowest BCUT2D eigenvalue weighted by Crippen LogP contribution is -1.93. The molecule has 0 aromatic heterocycles. The molecule has 14 heavy (non-hydrogen) atoms. The Hall–Kier alpha value is -0.240. The number of rotatable bonds is 2. The molecule has 0 heterocycles. The van der Waals surface area contributed by atoms with E-state index in [9.17, 15) is 4.79 Å². The van der Waals surface area contributed by atoms with Crippen LogP contribution in [0.2, 0.25) is 10.0 Å². The molecule has 0 bridgehead atoms. The largest absolute Gasteiger partial charge is 0.281 e. The van der Waals surface area contributed by atoms with Crippen molar-refractivity contribution >= 4 is 40.0 Å². The summed E-state index contributed by atoms with van der Waals surface area (Å²) < 4.78 is 0. The zero-order valence-corrected chi connectivity index (χ0v) is 10.2. The zero-order valence-electron chi connectivity index (χ0n) is 7.98. The van der Waals surface area contributed by atoms with Crippen LogP contribution in [-0.2, 0) is 11.2 Å². The molecule has 0 aliphatic rings. The highest BCUT2D eigenvalue weighted by molar-refractivity contribution is 6.63. The van der Waals surface area contributed by atoms with Crippen molar-refractivity contribution in [3.63, 3.8) is 0 Å². The highest BCUT2D eigenvalue weighted by Crippen LogP contribution is 2.21. The third-order valence-corrected chi connectivity index (χ3v) is 2.07. The normalized spacial score (nSPS) is 8.93. The summed E-state index contributed by atoms with van der Waals surface area (Å²) in [5.41, 5.74) is 0.695. The zero-order chi connectivity index (χ0) is 11.1. The molecule has 0 amide bonds. The van der Waals surface area contributed by atoms with Gasteiger partial charge in [0.25, 0.3) is 0 Å². The number of hydrogen-bond donors (Lipinski definition) is 0. The summed E-state index contributed by atoms with van der Waals surface area (Å²) in [4.78, 5) is 10.5. The lowest BCUT2D eigenvalue weighted by Gasteiger charge is -2.00. The molecule has 0 aliphatic heterocycles. The molecule has 0 saturated carbocycles. The van der Waals surface area contributed by atoms with Crippen molar-refractivity contribution in [1.29, 1.82) is 0 Å². The van der Waals surface area contributed by atoms with Crippen molar-refractivity contribution in [2.45, 2.75) is 20.3 Å². The van der Waals surface area contributed by atoms with Crippen LogP contribution in [0.15, 0.2) is 18.2 Å². The molecule has 0 saturated heterocycles. The van der Waals surface area contributed by atoms with Crippen LogP contribution >= 0.6 is 34.8 Å². The fourth-order valence-electron chi connectivity index (χ4n) is 0.815. The first-order valence-electron chi connectivity index (χ1n) is 4.22. The summed E-state index contributed by atoms with van der Waals surface area (Å²) in [5, 5.41) is 0.585. The highest BCUT2D eigenvalue weighted by Gasteiger charge is 2.04. The van der Waals surface area contributed by atoms with Crippen LogP contribution in [0.1, 0.15) is 19.4 Å². The van der Waals surface area contributed by atoms with E-state index in [1.807, 2.05) is 13.8 Å². The van der Waals surface area contributed by atoms with Gasteiger partial charge in [-0.15, -0.1) is 0 Å². The minimum atomic E-state index is -0.431. The van der Waals surface area contributed by atoms with Crippen LogP contribution in [0.4, 0.5) is 0 Å². The first-order chi connectivity index (χ1) is 6.59. The predicted molar refractivity (Wildman–Crippen MR) is 62.4 cm³/mol. The molecular weight excluding hydrogens is 242 g/mol. The number of halogens is 3. The van der Waals surface area contributed by atoms with E-state index in [2.05, 4.69) is 0 Å². The van der Waals surface area contributed by atoms with Gasteiger partial charge in [0.05, 0.1) is 0 Å². The maximum Gasteiger partial charge on any atom is 0.226 e. The average Bonchev–Trinajstić information content (AvgIpc) is 2.13. The Morgan fingerprint density at radius 3 is 2.29 bits per heavy atom. The van der Waals surface area contributed by atoms with Gasteiger partial charge in [0.15, 0.2) is 0 Å². The Bertz CT molecular complexity index is 310. The van der Waals surface area contributed by atoms with Crippen molar-refractivity contribution < 1.29 is 4.79 Å². The molecule has 0 atom stereocenters. The maximum absolute atomic E-state index is 10.5. The summed E-state index contributed by atoms with van der Waals surface area (Å²) in [6.45, 7) is 4.00. The van der Waals surface area contributed by atoms with E-state index in [0.29, 0.717) is 15.6 Å². The number of hydrogen-bond acceptors (Lipinski definition) is 1. The van der Waals surface area contributed by atoms with Gasteiger partial charge < -0.3 is 0 Å². The molecule has 78 valence electrons. The molecule has 0 unspecified atom stereocenters. The predicted octanol–water partition coefficient (Wildman–Crippen LogP) is 4.33. The third-order valence-electron chi connectivity index (χ3n) is 1.34. The van der Waals surface area contributed by atoms with Gasteiger partial charge in [0, 0.05) is 16.5 Å². The summed E-state index contributed by atoms with van der Waals surface area (Å²) in [5.74, 6) is 0. The monoisotopic (exact) mass is 252 g/mol. The molecule has 1 rings (SSSR count). The Morgan fingerprint density at radius 2 is 1.86 bits per heavy atom. The molecule has 0 radical (unpaired) electrons. The second kappa shape index (κ2) is 7.10. The molecular formula is C10H11Cl3O. The second-order valence-corrected chi connectivity index (χ2v) is 3.53. The van der Waals surface area contributed by atoms with Gasteiger partial charge in [-0.1, -0.05) is 43.1 Å². The van der Waals surface area contributed by atoms with Crippen LogP contribution in [0, 0.1) is 0 Å². The minimum absolute atomic E-state index is 0.136. The quantitative estimate of drug-likeness (QED) is 0.717. The molecule has 1 nitrogen and oxygen atoms in total. The van der Waals surface area contributed by atoms with E-state index >= 15 is 0 Å². The smallest absolute Gasteiger partial charge is 0.226 e. The first kappa shape index (κ1) is 13.8. The Labute approximate surface area is 99.0 Å². The van der Waals surface area contributed by atoms with Crippen molar-refractivity contribution in [1.82, 2.24) is 0 Å².